The van der Waals surface area contributed by atoms with Crippen molar-refractivity contribution in [3.05, 3.63) is 46.3 Å². The van der Waals surface area contributed by atoms with E-state index in [0.717, 1.165) is 12.0 Å². The third-order valence-corrected chi connectivity index (χ3v) is 3.55. The first-order valence-corrected chi connectivity index (χ1v) is 7.72. The van der Waals surface area contributed by atoms with Gasteiger partial charge in [-0.25, -0.2) is 4.98 Å². The first kappa shape index (κ1) is 17.6. The molecule has 8 nitrogen and oxygen atoms in total. The molecular formula is C16H20N4O4. The van der Waals surface area contributed by atoms with Gasteiger partial charge in [0.2, 0.25) is 5.82 Å². The average Bonchev–Trinajstić information content (AvgIpc) is 2.60. The molecule has 128 valence electrons. The summed E-state index contributed by atoms with van der Waals surface area (Å²) >= 11 is 0. The number of aryl methyl sites for hydroxylation is 1. The Morgan fingerprint density at radius 1 is 1.25 bits per heavy atom. The Morgan fingerprint density at radius 2 is 1.96 bits per heavy atom. The van der Waals surface area contributed by atoms with Gasteiger partial charge < -0.3 is 14.7 Å². The molecule has 1 N–H and O–H groups in total. The number of aromatic nitrogens is 2. The van der Waals surface area contributed by atoms with E-state index in [1.807, 2.05) is 26.0 Å². The van der Waals surface area contributed by atoms with Crippen LogP contribution in [-0.2, 0) is 6.42 Å². The fourth-order valence-electron chi connectivity index (χ4n) is 2.26. The molecule has 0 spiro atoms. The summed E-state index contributed by atoms with van der Waals surface area (Å²) in [6, 6.07) is 7.28. The van der Waals surface area contributed by atoms with Crippen LogP contribution in [0.5, 0.6) is 11.6 Å². The number of nitrogens with zero attached hydrogens (tertiary/aromatic N) is 4. The monoisotopic (exact) mass is 332 g/mol. The van der Waals surface area contributed by atoms with Crippen LogP contribution >= 0.6 is 0 Å². The van der Waals surface area contributed by atoms with E-state index in [2.05, 4.69) is 9.97 Å². The Bertz CT molecular complexity index is 691. The Labute approximate surface area is 139 Å². The highest BCUT2D eigenvalue weighted by molar-refractivity contribution is 5.63. The van der Waals surface area contributed by atoms with Crippen molar-refractivity contribution in [2.75, 3.05) is 24.6 Å². The fourth-order valence-corrected chi connectivity index (χ4v) is 2.26. The number of rotatable bonds is 8. The quantitative estimate of drug-likeness (QED) is 0.585. The van der Waals surface area contributed by atoms with E-state index in [9.17, 15) is 10.1 Å². The van der Waals surface area contributed by atoms with Crippen molar-refractivity contribution >= 4 is 11.5 Å². The maximum absolute atomic E-state index is 11.5. The van der Waals surface area contributed by atoms with Gasteiger partial charge in [-0.1, -0.05) is 19.1 Å². The van der Waals surface area contributed by atoms with Gasteiger partial charge in [0.25, 0.3) is 0 Å². The fraction of sp³-hybridized carbons (Fsp3) is 0.375. The lowest BCUT2D eigenvalue weighted by Crippen LogP contribution is -2.28. The van der Waals surface area contributed by atoms with E-state index in [4.69, 9.17) is 9.84 Å². The molecule has 0 aliphatic rings. The van der Waals surface area contributed by atoms with E-state index < -0.39 is 4.92 Å². The van der Waals surface area contributed by atoms with Crippen molar-refractivity contribution < 1.29 is 14.8 Å². The average molecular weight is 332 g/mol. The van der Waals surface area contributed by atoms with Crippen LogP contribution in [-0.4, -0.2) is 39.7 Å². The van der Waals surface area contributed by atoms with Crippen molar-refractivity contribution in [3.63, 3.8) is 0 Å². The van der Waals surface area contributed by atoms with Crippen molar-refractivity contribution in [1.82, 2.24) is 9.97 Å². The minimum atomic E-state index is -0.564. The third-order valence-electron chi connectivity index (χ3n) is 3.55. The Morgan fingerprint density at radius 3 is 2.50 bits per heavy atom. The molecule has 1 heterocycles. The number of aliphatic hydroxyl groups excluding tert-OH is 1. The first-order chi connectivity index (χ1) is 11.6. The SMILES string of the molecule is CCc1ccc(Oc2ncnc(N(CC)CCO)c2[N+](=O)[O-])cc1. The van der Waals surface area contributed by atoms with Crippen LogP contribution in [0.15, 0.2) is 30.6 Å². The molecule has 0 aliphatic heterocycles. The van der Waals surface area contributed by atoms with Crippen LogP contribution in [0.2, 0.25) is 0 Å². The second kappa shape index (κ2) is 8.21. The van der Waals surface area contributed by atoms with E-state index in [1.165, 1.54) is 6.33 Å². The van der Waals surface area contributed by atoms with Crippen LogP contribution < -0.4 is 9.64 Å². The zero-order valence-electron chi connectivity index (χ0n) is 13.7. The molecule has 0 amide bonds. The molecule has 0 unspecified atom stereocenters. The Balaban J connectivity index is 2.39. The zero-order valence-corrected chi connectivity index (χ0v) is 13.7. The van der Waals surface area contributed by atoms with E-state index >= 15 is 0 Å². The minimum Gasteiger partial charge on any atom is -0.434 e. The summed E-state index contributed by atoms with van der Waals surface area (Å²) in [5.74, 6) is 0.475. The molecule has 0 aliphatic carbocycles. The molecule has 0 saturated carbocycles. The summed E-state index contributed by atoms with van der Waals surface area (Å²) in [6.07, 6.45) is 2.11. The number of hydrogen-bond donors (Lipinski definition) is 1. The highest BCUT2D eigenvalue weighted by atomic mass is 16.6. The largest absolute Gasteiger partial charge is 0.434 e. The molecular weight excluding hydrogens is 312 g/mol. The second-order valence-corrected chi connectivity index (χ2v) is 5.01. The number of benzene rings is 1. The van der Waals surface area contributed by atoms with Crippen LogP contribution in [0.3, 0.4) is 0 Å². The van der Waals surface area contributed by atoms with Crippen molar-refractivity contribution in [1.29, 1.82) is 0 Å². The predicted molar refractivity (Wildman–Crippen MR) is 89.6 cm³/mol. The molecule has 1 aromatic heterocycles. The topological polar surface area (TPSA) is 102 Å². The second-order valence-electron chi connectivity index (χ2n) is 5.01. The van der Waals surface area contributed by atoms with Crippen molar-refractivity contribution in [2.24, 2.45) is 0 Å². The van der Waals surface area contributed by atoms with E-state index in [0.29, 0.717) is 12.3 Å². The Hall–Kier alpha value is -2.74. The zero-order chi connectivity index (χ0) is 17.5. The number of ether oxygens (including phenoxy) is 1. The normalized spacial score (nSPS) is 10.5. The number of nitro groups is 1. The Kier molecular flexibility index (Phi) is 6.02. The number of likely N-dealkylation sites (N-methyl/N-ethyl adjacent to an activating group) is 1. The predicted octanol–water partition coefficient (Wildman–Crippen LogP) is 2.56. The van der Waals surface area contributed by atoms with E-state index in [1.54, 1.807) is 17.0 Å². The minimum absolute atomic E-state index is 0.120. The lowest BCUT2D eigenvalue weighted by Gasteiger charge is -2.20. The molecule has 1 aromatic carbocycles. The molecule has 2 rings (SSSR count). The third kappa shape index (κ3) is 3.96. The lowest BCUT2D eigenvalue weighted by atomic mass is 10.2. The maximum Gasteiger partial charge on any atom is 0.373 e. The van der Waals surface area contributed by atoms with Gasteiger partial charge in [0.05, 0.1) is 11.5 Å². The van der Waals surface area contributed by atoms with Gasteiger partial charge >= 0.3 is 11.6 Å². The molecule has 0 bridgehead atoms. The highest BCUT2D eigenvalue weighted by Gasteiger charge is 2.28. The van der Waals surface area contributed by atoms with Gasteiger partial charge in [-0.05, 0) is 31.0 Å². The van der Waals surface area contributed by atoms with Gasteiger partial charge in [0.1, 0.15) is 12.1 Å². The summed E-state index contributed by atoms with van der Waals surface area (Å²) in [5.41, 5.74) is 0.827. The van der Waals surface area contributed by atoms with E-state index in [-0.39, 0.29) is 30.5 Å². The number of anilines is 1. The molecule has 0 fully saturated rings. The molecule has 8 heteroatoms. The molecule has 24 heavy (non-hydrogen) atoms. The maximum atomic E-state index is 11.5. The smallest absolute Gasteiger partial charge is 0.373 e. The lowest BCUT2D eigenvalue weighted by molar-refractivity contribution is -0.385. The molecule has 0 radical (unpaired) electrons. The highest BCUT2D eigenvalue weighted by Crippen LogP contribution is 2.35. The van der Waals surface area contributed by atoms with Gasteiger partial charge in [0, 0.05) is 13.1 Å². The van der Waals surface area contributed by atoms with Gasteiger partial charge in [-0.3, -0.25) is 10.1 Å². The van der Waals surface area contributed by atoms with Gasteiger partial charge in [-0.15, -0.1) is 0 Å². The van der Waals surface area contributed by atoms with Gasteiger partial charge in [-0.2, -0.15) is 4.98 Å². The summed E-state index contributed by atoms with van der Waals surface area (Å²) in [7, 11) is 0. The molecule has 2 aromatic rings. The standard InChI is InChI=1S/C16H20N4O4/c1-3-12-5-7-13(8-6-12)24-16-14(20(22)23)15(17-11-18-16)19(4-2)9-10-21/h5-8,11,21H,3-4,9-10H2,1-2H3. The first-order valence-electron chi connectivity index (χ1n) is 7.72. The van der Waals surface area contributed by atoms with Crippen LogP contribution in [0.25, 0.3) is 0 Å². The molecule has 0 saturated heterocycles. The summed E-state index contributed by atoms with van der Waals surface area (Å²) in [6.45, 7) is 4.43. The summed E-state index contributed by atoms with van der Waals surface area (Å²) in [5, 5.41) is 20.6. The number of aliphatic hydroxyl groups is 1. The van der Waals surface area contributed by atoms with Gasteiger partial charge in [0.15, 0.2) is 0 Å². The van der Waals surface area contributed by atoms with Crippen LogP contribution in [0.1, 0.15) is 19.4 Å². The summed E-state index contributed by atoms with van der Waals surface area (Å²) < 4.78 is 5.60. The van der Waals surface area contributed by atoms with Crippen molar-refractivity contribution in [2.45, 2.75) is 20.3 Å². The number of hydrogen-bond acceptors (Lipinski definition) is 7. The van der Waals surface area contributed by atoms with Crippen LogP contribution in [0.4, 0.5) is 11.5 Å². The van der Waals surface area contributed by atoms with Crippen LogP contribution in [0, 0.1) is 10.1 Å². The molecule has 0 atom stereocenters. The summed E-state index contributed by atoms with van der Waals surface area (Å²) in [4.78, 5) is 20.5. The van der Waals surface area contributed by atoms with Crippen molar-refractivity contribution in [3.8, 4) is 11.6 Å².